The predicted molar refractivity (Wildman–Crippen MR) is 89.8 cm³/mol. The van der Waals surface area contributed by atoms with Gasteiger partial charge in [-0.05, 0) is 36.1 Å². The third-order valence-corrected chi connectivity index (χ3v) is 4.36. The molecule has 0 aliphatic rings. The Morgan fingerprint density at radius 3 is 2.86 bits per heavy atom. The average Bonchev–Trinajstić information content (AvgIpc) is 2.49. The van der Waals surface area contributed by atoms with Crippen LogP contribution in [0.1, 0.15) is 12.5 Å². The van der Waals surface area contributed by atoms with E-state index in [-0.39, 0.29) is 12.7 Å². The lowest BCUT2D eigenvalue weighted by atomic mass is 10.0. The summed E-state index contributed by atoms with van der Waals surface area (Å²) in [5.74, 6) is 1.32. The minimum atomic E-state index is -0.983. The van der Waals surface area contributed by atoms with Crippen molar-refractivity contribution >= 4 is 28.5 Å². The molecule has 1 unspecified atom stereocenters. The van der Waals surface area contributed by atoms with Crippen LogP contribution in [0.25, 0.3) is 10.8 Å². The van der Waals surface area contributed by atoms with Crippen LogP contribution in [0.5, 0.6) is 5.75 Å². The first-order valence-electron chi connectivity index (χ1n) is 7.18. The zero-order valence-electron chi connectivity index (χ0n) is 12.5. The lowest BCUT2D eigenvalue weighted by Gasteiger charge is -2.09. The van der Waals surface area contributed by atoms with Crippen molar-refractivity contribution in [2.75, 3.05) is 18.1 Å². The first-order valence-corrected chi connectivity index (χ1v) is 8.34. The molecule has 0 saturated heterocycles. The van der Waals surface area contributed by atoms with Gasteiger partial charge < -0.3 is 14.9 Å². The van der Waals surface area contributed by atoms with E-state index < -0.39 is 5.97 Å². The second-order valence-electron chi connectivity index (χ2n) is 5.17. The molecule has 0 aromatic heterocycles. The lowest BCUT2D eigenvalue weighted by molar-refractivity contribution is -0.139. The van der Waals surface area contributed by atoms with Crippen LogP contribution in [0.4, 0.5) is 0 Å². The number of aryl methyl sites for hydroxylation is 1. The average molecular weight is 320 g/mol. The predicted octanol–water partition coefficient (Wildman–Crippen LogP) is 2.96. The van der Waals surface area contributed by atoms with Gasteiger partial charge in [0.25, 0.3) is 0 Å². The Hall–Kier alpha value is -1.72. The van der Waals surface area contributed by atoms with Gasteiger partial charge in [0, 0.05) is 11.1 Å². The highest BCUT2D eigenvalue weighted by Gasteiger charge is 2.05. The Balaban J connectivity index is 2.05. The summed E-state index contributed by atoms with van der Waals surface area (Å²) in [7, 11) is 0. The molecule has 0 aliphatic carbocycles. The van der Waals surface area contributed by atoms with E-state index in [1.54, 1.807) is 24.8 Å². The van der Waals surface area contributed by atoms with Crippen molar-refractivity contribution in [2.45, 2.75) is 19.4 Å². The van der Waals surface area contributed by atoms with Crippen LogP contribution in [-0.2, 0) is 11.2 Å². The summed E-state index contributed by atoms with van der Waals surface area (Å²) in [5.41, 5.74) is 1.22. The van der Waals surface area contributed by atoms with E-state index in [9.17, 15) is 9.90 Å². The fraction of sp³-hybridized carbons (Fsp3) is 0.353. The molecule has 4 nitrogen and oxygen atoms in total. The highest BCUT2D eigenvalue weighted by Crippen LogP contribution is 2.26. The van der Waals surface area contributed by atoms with Crippen LogP contribution in [0.15, 0.2) is 36.4 Å². The Bertz CT molecular complexity index is 640. The van der Waals surface area contributed by atoms with Crippen LogP contribution in [0.2, 0.25) is 0 Å². The van der Waals surface area contributed by atoms with Gasteiger partial charge in [-0.2, -0.15) is 11.8 Å². The Morgan fingerprint density at radius 1 is 1.32 bits per heavy atom. The molecule has 0 saturated carbocycles. The van der Waals surface area contributed by atoms with E-state index in [1.165, 1.54) is 5.56 Å². The summed E-state index contributed by atoms with van der Waals surface area (Å²) in [5, 5.41) is 19.9. The number of carboxylic acids is 1. The number of ether oxygens (including phenoxy) is 1. The lowest BCUT2D eigenvalue weighted by Crippen LogP contribution is -2.09. The number of aliphatic hydroxyl groups is 1. The van der Waals surface area contributed by atoms with Crippen molar-refractivity contribution in [1.82, 2.24) is 0 Å². The number of fused-ring (bicyclic) bond motifs is 1. The number of hydrogen-bond acceptors (Lipinski definition) is 4. The number of hydrogen-bond donors (Lipinski definition) is 2. The number of thioether (sulfide) groups is 1. The highest BCUT2D eigenvalue weighted by molar-refractivity contribution is 7.99. The summed E-state index contributed by atoms with van der Waals surface area (Å²) >= 11 is 1.74. The number of rotatable bonds is 8. The third-order valence-electron chi connectivity index (χ3n) is 3.15. The van der Waals surface area contributed by atoms with Gasteiger partial charge in [0.1, 0.15) is 5.75 Å². The first-order chi connectivity index (χ1) is 10.6. The minimum Gasteiger partial charge on any atom is -0.481 e. The largest absolute Gasteiger partial charge is 0.481 e. The molecule has 118 valence electrons. The molecular formula is C17H20O4S. The van der Waals surface area contributed by atoms with Crippen molar-refractivity contribution in [2.24, 2.45) is 0 Å². The van der Waals surface area contributed by atoms with E-state index in [2.05, 4.69) is 6.07 Å². The van der Waals surface area contributed by atoms with Gasteiger partial charge in [0.2, 0.25) is 0 Å². The number of aliphatic hydroxyl groups excluding tert-OH is 1. The topological polar surface area (TPSA) is 66.8 Å². The third kappa shape index (κ3) is 4.93. The zero-order chi connectivity index (χ0) is 15.9. The van der Waals surface area contributed by atoms with Crippen molar-refractivity contribution in [3.63, 3.8) is 0 Å². The fourth-order valence-corrected chi connectivity index (χ4v) is 3.06. The maximum atomic E-state index is 10.6. The molecule has 0 fully saturated rings. The second-order valence-corrected chi connectivity index (χ2v) is 6.32. The molecule has 0 radical (unpaired) electrons. The standard InChI is InChI=1S/C17H20O4S/c1-12(18)11-22-8-7-13-5-6-15-14(9-13)3-2-4-16(15)21-10-17(19)20/h2-6,9,12,18H,7-8,10-11H2,1H3,(H,19,20). The van der Waals surface area contributed by atoms with E-state index >= 15 is 0 Å². The molecule has 0 heterocycles. The normalized spacial score (nSPS) is 12.3. The molecule has 0 amide bonds. The molecule has 22 heavy (non-hydrogen) atoms. The molecule has 0 bridgehead atoms. The summed E-state index contributed by atoms with van der Waals surface area (Å²) in [4.78, 5) is 10.6. The zero-order valence-corrected chi connectivity index (χ0v) is 13.3. The summed E-state index contributed by atoms with van der Waals surface area (Å²) < 4.78 is 5.31. The Morgan fingerprint density at radius 2 is 2.14 bits per heavy atom. The summed E-state index contributed by atoms with van der Waals surface area (Å²) in [6, 6.07) is 11.8. The van der Waals surface area contributed by atoms with Gasteiger partial charge in [-0.25, -0.2) is 4.79 Å². The Labute approximate surface area is 134 Å². The molecule has 0 spiro atoms. The maximum Gasteiger partial charge on any atom is 0.341 e. The quantitative estimate of drug-likeness (QED) is 0.732. The summed E-state index contributed by atoms with van der Waals surface area (Å²) in [6.45, 7) is 1.46. The van der Waals surface area contributed by atoms with Gasteiger partial charge in [0.15, 0.2) is 6.61 Å². The van der Waals surface area contributed by atoms with Crippen LogP contribution in [0, 0.1) is 0 Å². The van der Waals surface area contributed by atoms with Crippen molar-refractivity contribution in [1.29, 1.82) is 0 Å². The minimum absolute atomic E-state index is 0.268. The maximum absolute atomic E-state index is 10.6. The molecule has 0 aliphatic heterocycles. The molecule has 5 heteroatoms. The van der Waals surface area contributed by atoms with Gasteiger partial charge in [-0.15, -0.1) is 0 Å². The fourth-order valence-electron chi connectivity index (χ4n) is 2.17. The number of carbonyl (C=O) groups is 1. The first kappa shape index (κ1) is 16.6. The van der Waals surface area contributed by atoms with Gasteiger partial charge in [0.05, 0.1) is 6.10 Å². The van der Waals surface area contributed by atoms with Crippen LogP contribution in [-0.4, -0.2) is 40.4 Å². The molecule has 2 N–H and O–H groups in total. The van der Waals surface area contributed by atoms with E-state index in [4.69, 9.17) is 9.84 Å². The van der Waals surface area contributed by atoms with E-state index in [1.807, 2.05) is 24.3 Å². The van der Waals surface area contributed by atoms with E-state index in [0.717, 1.165) is 28.7 Å². The smallest absolute Gasteiger partial charge is 0.341 e. The van der Waals surface area contributed by atoms with Gasteiger partial charge in [-0.1, -0.05) is 30.3 Å². The second kappa shape index (κ2) is 8.06. The summed E-state index contributed by atoms with van der Waals surface area (Å²) in [6.07, 6.45) is 0.670. The molecular weight excluding hydrogens is 300 g/mol. The van der Waals surface area contributed by atoms with Crippen LogP contribution >= 0.6 is 11.8 Å². The van der Waals surface area contributed by atoms with Crippen molar-refractivity contribution in [3.05, 3.63) is 42.0 Å². The van der Waals surface area contributed by atoms with Crippen molar-refractivity contribution < 1.29 is 19.7 Å². The number of benzene rings is 2. The molecule has 2 aromatic carbocycles. The van der Waals surface area contributed by atoms with E-state index in [0.29, 0.717) is 5.75 Å². The Kier molecular flexibility index (Phi) is 6.10. The van der Waals surface area contributed by atoms with Crippen molar-refractivity contribution in [3.8, 4) is 5.75 Å². The molecule has 1 atom stereocenters. The number of carboxylic acid groups (broad SMARTS) is 1. The van der Waals surface area contributed by atoms with Gasteiger partial charge >= 0.3 is 5.97 Å². The van der Waals surface area contributed by atoms with Crippen LogP contribution in [0.3, 0.4) is 0 Å². The highest BCUT2D eigenvalue weighted by atomic mass is 32.2. The number of aliphatic carboxylic acids is 1. The van der Waals surface area contributed by atoms with Gasteiger partial charge in [-0.3, -0.25) is 0 Å². The SMILES string of the molecule is CC(O)CSCCc1ccc2c(OCC(=O)O)cccc2c1. The molecule has 2 aromatic rings. The molecule has 2 rings (SSSR count). The van der Waals surface area contributed by atoms with Crippen LogP contribution < -0.4 is 4.74 Å². The monoisotopic (exact) mass is 320 g/mol.